The summed E-state index contributed by atoms with van der Waals surface area (Å²) < 4.78 is 17.3. The Bertz CT molecular complexity index is 813. The third-order valence-electron chi connectivity index (χ3n) is 5.64. The highest BCUT2D eigenvalue weighted by molar-refractivity contribution is 6.30. The van der Waals surface area contributed by atoms with E-state index in [4.69, 9.17) is 25.8 Å². The van der Waals surface area contributed by atoms with E-state index in [-0.39, 0.29) is 12.1 Å². The molecule has 5 nitrogen and oxygen atoms in total. The molecule has 6 heteroatoms. The van der Waals surface area contributed by atoms with Gasteiger partial charge in [-0.1, -0.05) is 29.8 Å². The quantitative estimate of drug-likeness (QED) is 0.724. The highest BCUT2D eigenvalue weighted by Crippen LogP contribution is 2.38. The normalized spacial score (nSPS) is 21.1. The summed E-state index contributed by atoms with van der Waals surface area (Å²) in [6, 6.07) is 14.1. The smallest absolute Gasteiger partial charge is 0.161 e. The maximum absolute atomic E-state index is 10.6. The molecule has 2 aromatic rings. The average molecular weight is 418 g/mol. The molecule has 0 spiro atoms. The average Bonchev–Trinajstić information content (AvgIpc) is 3.20. The Morgan fingerprint density at radius 2 is 1.90 bits per heavy atom. The van der Waals surface area contributed by atoms with E-state index in [2.05, 4.69) is 17.0 Å². The van der Waals surface area contributed by atoms with E-state index in [1.165, 1.54) is 5.56 Å². The fraction of sp³-hybridized carbons (Fsp3) is 0.478. The molecule has 1 saturated heterocycles. The van der Waals surface area contributed by atoms with Crippen molar-refractivity contribution in [2.75, 3.05) is 32.9 Å². The number of β-amino-alcohol motifs (C(OH)–C–C–N with tert-alkyl or cyclic N) is 1. The number of hydrogen-bond acceptors (Lipinski definition) is 5. The Labute approximate surface area is 177 Å². The van der Waals surface area contributed by atoms with E-state index in [1.54, 1.807) is 0 Å². The monoisotopic (exact) mass is 417 g/mol. The van der Waals surface area contributed by atoms with Gasteiger partial charge in [0.25, 0.3) is 0 Å². The molecule has 1 N–H and O–H groups in total. The maximum atomic E-state index is 10.6. The molecule has 2 aromatic carbocycles. The molecule has 0 aliphatic carbocycles. The molecule has 2 aliphatic rings. The van der Waals surface area contributed by atoms with Crippen LogP contribution >= 0.6 is 11.6 Å². The summed E-state index contributed by atoms with van der Waals surface area (Å²) in [5.41, 5.74) is 2.27. The van der Waals surface area contributed by atoms with Crippen molar-refractivity contribution < 1.29 is 19.3 Å². The van der Waals surface area contributed by atoms with Gasteiger partial charge in [0.15, 0.2) is 11.5 Å². The van der Waals surface area contributed by atoms with Crippen LogP contribution in [0.25, 0.3) is 0 Å². The van der Waals surface area contributed by atoms with Gasteiger partial charge in [0.1, 0.15) is 13.2 Å². The second-order valence-corrected chi connectivity index (χ2v) is 8.17. The zero-order valence-electron chi connectivity index (χ0n) is 16.7. The lowest BCUT2D eigenvalue weighted by atomic mass is 10.0. The minimum Gasteiger partial charge on any atom is -0.486 e. The molecule has 4 rings (SSSR count). The van der Waals surface area contributed by atoms with Gasteiger partial charge in [0.05, 0.1) is 18.8 Å². The van der Waals surface area contributed by atoms with Crippen LogP contribution in [0.1, 0.15) is 43.0 Å². The summed E-state index contributed by atoms with van der Waals surface area (Å²) in [6.45, 7) is 5.04. The zero-order valence-corrected chi connectivity index (χ0v) is 17.5. The fourth-order valence-electron chi connectivity index (χ4n) is 4.10. The molecule has 2 aliphatic heterocycles. The van der Waals surface area contributed by atoms with Gasteiger partial charge in [0, 0.05) is 17.6 Å². The minimum atomic E-state index is -0.539. The van der Waals surface area contributed by atoms with Gasteiger partial charge < -0.3 is 19.3 Å². The van der Waals surface area contributed by atoms with E-state index >= 15 is 0 Å². The largest absolute Gasteiger partial charge is 0.486 e. The molecule has 0 saturated carbocycles. The van der Waals surface area contributed by atoms with Crippen LogP contribution in [-0.4, -0.2) is 49.0 Å². The number of ether oxygens (including phenoxy) is 3. The lowest BCUT2D eigenvalue weighted by molar-refractivity contribution is -0.0172. The first-order chi connectivity index (χ1) is 14.1. The number of fused-ring (bicyclic) bond motifs is 1. The molecule has 0 amide bonds. The van der Waals surface area contributed by atoms with Crippen molar-refractivity contribution in [2.45, 2.75) is 38.0 Å². The molecule has 0 radical (unpaired) electrons. The molecule has 156 valence electrons. The zero-order chi connectivity index (χ0) is 20.2. The van der Waals surface area contributed by atoms with Gasteiger partial charge in [-0.2, -0.15) is 0 Å². The van der Waals surface area contributed by atoms with Crippen molar-refractivity contribution in [2.24, 2.45) is 0 Å². The number of benzene rings is 2. The Morgan fingerprint density at radius 3 is 2.69 bits per heavy atom. The van der Waals surface area contributed by atoms with E-state index in [0.29, 0.717) is 31.4 Å². The minimum absolute atomic E-state index is 0.0888. The van der Waals surface area contributed by atoms with E-state index < -0.39 is 6.10 Å². The van der Waals surface area contributed by atoms with Crippen LogP contribution in [0.4, 0.5) is 0 Å². The summed E-state index contributed by atoms with van der Waals surface area (Å²) in [5, 5.41) is 11.3. The Kier molecular flexibility index (Phi) is 6.60. The van der Waals surface area contributed by atoms with Crippen molar-refractivity contribution in [3.63, 3.8) is 0 Å². The van der Waals surface area contributed by atoms with Crippen LogP contribution in [0.2, 0.25) is 5.02 Å². The van der Waals surface area contributed by atoms with Gasteiger partial charge >= 0.3 is 0 Å². The molecule has 1 fully saturated rings. The Balaban J connectivity index is 1.32. The summed E-state index contributed by atoms with van der Waals surface area (Å²) in [5.74, 6) is 1.63. The first-order valence-electron chi connectivity index (χ1n) is 10.3. The standard InChI is InChI=1S/C23H28ClNO4/c1-16(17-4-7-19(24)8-5-17)29-15-20(26)14-25-10-2-3-21(25)18-6-9-22-23(13-18)28-12-11-27-22/h4-9,13,16,20-21,26H,2-3,10-12,14-15H2,1H3. The van der Waals surface area contributed by atoms with Crippen molar-refractivity contribution in [1.29, 1.82) is 0 Å². The van der Waals surface area contributed by atoms with Crippen LogP contribution < -0.4 is 9.47 Å². The van der Waals surface area contributed by atoms with Crippen LogP contribution in [0, 0.1) is 0 Å². The highest BCUT2D eigenvalue weighted by Gasteiger charge is 2.29. The predicted octanol–water partition coefficient (Wildman–Crippen LogP) is 4.39. The molecular formula is C23H28ClNO4. The Hall–Kier alpha value is -1.79. The van der Waals surface area contributed by atoms with Gasteiger partial charge in [-0.15, -0.1) is 0 Å². The first-order valence-corrected chi connectivity index (χ1v) is 10.7. The molecule has 29 heavy (non-hydrogen) atoms. The molecule has 2 heterocycles. The summed E-state index contributed by atoms with van der Waals surface area (Å²) in [7, 11) is 0. The second-order valence-electron chi connectivity index (χ2n) is 7.74. The first kappa shape index (κ1) is 20.5. The molecule has 0 bridgehead atoms. The number of halogens is 1. The van der Waals surface area contributed by atoms with Gasteiger partial charge in [0.2, 0.25) is 0 Å². The maximum Gasteiger partial charge on any atom is 0.161 e. The van der Waals surface area contributed by atoms with Crippen LogP contribution in [-0.2, 0) is 4.74 Å². The van der Waals surface area contributed by atoms with Crippen LogP contribution in [0.15, 0.2) is 42.5 Å². The van der Waals surface area contributed by atoms with E-state index in [0.717, 1.165) is 36.4 Å². The lowest BCUT2D eigenvalue weighted by Gasteiger charge is -2.28. The van der Waals surface area contributed by atoms with Crippen molar-refractivity contribution >= 4 is 11.6 Å². The number of hydrogen-bond donors (Lipinski definition) is 1. The molecular weight excluding hydrogens is 390 g/mol. The molecule has 3 unspecified atom stereocenters. The van der Waals surface area contributed by atoms with Crippen molar-refractivity contribution in [3.8, 4) is 11.5 Å². The fourth-order valence-corrected chi connectivity index (χ4v) is 4.22. The van der Waals surface area contributed by atoms with Crippen LogP contribution in [0.3, 0.4) is 0 Å². The molecule has 3 atom stereocenters. The lowest BCUT2D eigenvalue weighted by Crippen LogP contribution is -2.34. The number of likely N-dealkylation sites (tertiary alicyclic amines) is 1. The molecule has 0 aromatic heterocycles. The second kappa shape index (κ2) is 9.35. The number of nitrogens with zero attached hydrogens (tertiary/aromatic N) is 1. The Morgan fingerprint density at radius 1 is 1.14 bits per heavy atom. The van der Waals surface area contributed by atoms with Gasteiger partial charge in [-0.25, -0.2) is 0 Å². The van der Waals surface area contributed by atoms with Crippen molar-refractivity contribution in [1.82, 2.24) is 4.90 Å². The summed E-state index contributed by atoms with van der Waals surface area (Å²) >= 11 is 5.94. The van der Waals surface area contributed by atoms with Crippen LogP contribution in [0.5, 0.6) is 11.5 Å². The number of aliphatic hydroxyl groups excluding tert-OH is 1. The number of rotatable bonds is 7. The third kappa shape index (κ3) is 5.04. The van der Waals surface area contributed by atoms with E-state index in [1.807, 2.05) is 37.3 Å². The highest BCUT2D eigenvalue weighted by atomic mass is 35.5. The number of aliphatic hydroxyl groups is 1. The van der Waals surface area contributed by atoms with Gasteiger partial charge in [-0.05, 0) is 61.7 Å². The topological polar surface area (TPSA) is 51.2 Å². The summed E-state index contributed by atoms with van der Waals surface area (Å²) in [4.78, 5) is 2.34. The predicted molar refractivity (Wildman–Crippen MR) is 113 cm³/mol. The third-order valence-corrected chi connectivity index (χ3v) is 5.89. The van der Waals surface area contributed by atoms with Gasteiger partial charge in [-0.3, -0.25) is 4.90 Å². The van der Waals surface area contributed by atoms with Crippen molar-refractivity contribution in [3.05, 3.63) is 58.6 Å². The summed E-state index contributed by atoms with van der Waals surface area (Å²) in [6.07, 6.45) is 1.57. The SMILES string of the molecule is CC(OCC(O)CN1CCCC1c1ccc2c(c1)OCCO2)c1ccc(Cl)cc1. The van der Waals surface area contributed by atoms with E-state index in [9.17, 15) is 5.11 Å².